The molecule has 0 amide bonds. The molecule has 3 nitrogen and oxygen atoms in total. The number of hydrogen-bond acceptors (Lipinski definition) is 3. The van der Waals surface area contributed by atoms with Gasteiger partial charge in [0.2, 0.25) is 0 Å². The topological polar surface area (TPSA) is 45.8 Å². The number of benzene rings is 1. The lowest BCUT2D eigenvalue weighted by Crippen LogP contribution is -2.13. The van der Waals surface area contributed by atoms with E-state index < -0.39 is 17.6 Å². The van der Waals surface area contributed by atoms with Gasteiger partial charge in [-0.3, -0.25) is 4.79 Å². The zero-order chi connectivity index (χ0) is 14.0. The third-order valence-corrected chi connectivity index (χ3v) is 3.39. The first-order valence-corrected chi connectivity index (χ1v) is 6.84. The standard InChI is InChI=1S/C13H12F2N2OS/c1-7(12-8(14)4-3-5-9(12)15)10-6-11(18)17-13(16-10)19-2/h3-7H,1-2H3,(H,16,17,18)/t7-/m0/s1. The maximum absolute atomic E-state index is 13.7. The summed E-state index contributed by atoms with van der Waals surface area (Å²) >= 11 is 1.26. The van der Waals surface area contributed by atoms with Crippen molar-refractivity contribution in [3.63, 3.8) is 0 Å². The molecule has 6 heteroatoms. The second kappa shape index (κ2) is 5.52. The van der Waals surface area contributed by atoms with Crippen LogP contribution in [0.5, 0.6) is 0 Å². The van der Waals surface area contributed by atoms with Crippen LogP contribution in [0, 0.1) is 11.6 Å². The summed E-state index contributed by atoms with van der Waals surface area (Å²) in [5.41, 5.74) is -0.0669. The number of rotatable bonds is 3. The van der Waals surface area contributed by atoms with Gasteiger partial charge in [0.05, 0.1) is 5.69 Å². The first-order chi connectivity index (χ1) is 9.02. The van der Waals surface area contributed by atoms with Crippen LogP contribution in [0.3, 0.4) is 0 Å². The summed E-state index contributed by atoms with van der Waals surface area (Å²) in [5, 5.41) is 0.422. The molecule has 1 N–H and O–H groups in total. The minimum atomic E-state index is -0.639. The van der Waals surface area contributed by atoms with Crippen molar-refractivity contribution in [3.05, 3.63) is 57.5 Å². The van der Waals surface area contributed by atoms with Crippen molar-refractivity contribution in [2.45, 2.75) is 18.0 Å². The predicted molar refractivity (Wildman–Crippen MR) is 70.5 cm³/mol. The fourth-order valence-electron chi connectivity index (χ4n) is 1.84. The van der Waals surface area contributed by atoms with Gasteiger partial charge in [-0.1, -0.05) is 24.8 Å². The molecule has 0 aliphatic carbocycles. The van der Waals surface area contributed by atoms with Crippen LogP contribution in [0.2, 0.25) is 0 Å². The third-order valence-electron chi connectivity index (χ3n) is 2.81. The average molecular weight is 282 g/mol. The maximum Gasteiger partial charge on any atom is 0.251 e. The van der Waals surface area contributed by atoms with Crippen molar-refractivity contribution in [1.29, 1.82) is 0 Å². The number of nitrogens with zero attached hydrogens (tertiary/aromatic N) is 1. The Labute approximate surface area is 113 Å². The number of hydrogen-bond donors (Lipinski definition) is 1. The first kappa shape index (κ1) is 13.7. The molecule has 0 radical (unpaired) electrons. The highest BCUT2D eigenvalue weighted by Crippen LogP contribution is 2.27. The zero-order valence-electron chi connectivity index (χ0n) is 10.4. The van der Waals surface area contributed by atoms with E-state index in [9.17, 15) is 13.6 Å². The molecule has 1 aromatic carbocycles. The van der Waals surface area contributed by atoms with Crippen LogP contribution in [0.25, 0.3) is 0 Å². The predicted octanol–water partition coefficient (Wildman–Crippen LogP) is 2.92. The molecule has 1 aromatic heterocycles. The highest BCUT2D eigenvalue weighted by atomic mass is 32.2. The molecule has 0 saturated heterocycles. The monoisotopic (exact) mass is 282 g/mol. The van der Waals surface area contributed by atoms with Gasteiger partial charge in [0.1, 0.15) is 11.6 Å². The van der Waals surface area contributed by atoms with Gasteiger partial charge in [0.25, 0.3) is 5.56 Å². The number of thioether (sulfide) groups is 1. The van der Waals surface area contributed by atoms with E-state index in [2.05, 4.69) is 9.97 Å². The van der Waals surface area contributed by atoms with Crippen molar-refractivity contribution >= 4 is 11.8 Å². The molecule has 0 unspecified atom stereocenters. The zero-order valence-corrected chi connectivity index (χ0v) is 11.2. The van der Waals surface area contributed by atoms with Gasteiger partial charge in [-0.05, 0) is 18.4 Å². The molecule has 0 aliphatic rings. The first-order valence-electron chi connectivity index (χ1n) is 5.62. The average Bonchev–Trinajstić information content (AvgIpc) is 2.37. The number of aromatic amines is 1. The van der Waals surface area contributed by atoms with E-state index in [0.29, 0.717) is 10.9 Å². The normalized spacial score (nSPS) is 12.4. The Balaban J connectivity index is 2.53. The van der Waals surface area contributed by atoms with Crippen molar-refractivity contribution in [2.75, 3.05) is 6.26 Å². The SMILES string of the molecule is CSc1nc([C@H](C)c2c(F)cccc2F)cc(=O)[nH]1. The van der Waals surface area contributed by atoms with Crippen LogP contribution in [0.1, 0.15) is 24.1 Å². The molecule has 19 heavy (non-hydrogen) atoms. The second-order valence-corrected chi connectivity index (χ2v) is 4.83. The lowest BCUT2D eigenvalue weighted by molar-refractivity contribution is 0.543. The molecular formula is C13H12F2N2OS. The fourth-order valence-corrected chi connectivity index (χ4v) is 2.24. The van der Waals surface area contributed by atoms with Gasteiger partial charge < -0.3 is 4.98 Å². The summed E-state index contributed by atoms with van der Waals surface area (Å²) in [4.78, 5) is 18.2. The van der Waals surface area contributed by atoms with Gasteiger partial charge in [-0.2, -0.15) is 0 Å². The Hall–Kier alpha value is -1.69. The lowest BCUT2D eigenvalue weighted by Gasteiger charge is -2.13. The fraction of sp³-hybridized carbons (Fsp3) is 0.231. The summed E-state index contributed by atoms with van der Waals surface area (Å²) < 4.78 is 27.4. The number of aromatic nitrogens is 2. The molecule has 0 aliphatic heterocycles. The molecule has 0 bridgehead atoms. The molecule has 0 spiro atoms. The molecule has 1 heterocycles. The van der Waals surface area contributed by atoms with E-state index in [1.54, 1.807) is 13.2 Å². The van der Waals surface area contributed by atoms with Crippen LogP contribution < -0.4 is 5.56 Å². The number of H-pyrrole nitrogens is 1. The van der Waals surface area contributed by atoms with E-state index in [-0.39, 0.29) is 11.1 Å². The molecule has 2 aromatic rings. The van der Waals surface area contributed by atoms with E-state index in [4.69, 9.17) is 0 Å². The summed E-state index contributed by atoms with van der Waals surface area (Å²) in [6.07, 6.45) is 1.76. The highest BCUT2D eigenvalue weighted by molar-refractivity contribution is 7.98. The van der Waals surface area contributed by atoms with Crippen molar-refractivity contribution in [2.24, 2.45) is 0 Å². The molecule has 2 rings (SSSR count). The van der Waals surface area contributed by atoms with Gasteiger partial charge in [-0.15, -0.1) is 0 Å². The Bertz CT molecular complexity index is 637. The van der Waals surface area contributed by atoms with Crippen LogP contribution in [-0.4, -0.2) is 16.2 Å². The highest BCUT2D eigenvalue weighted by Gasteiger charge is 2.19. The largest absolute Gasteiger partial charge is 0.301 e. The van der Waals surface area contributed by atoms with Crippen LogP contribution in [-0.2, 0) is 0 Å². The minimum absolute atomic E-state index is 0.0762. The van der Waals surface area contributed by atoms with Crippen molar-refractivity contribution < 1.29 is 8.78 Å². The van der Waals surface area contributed by atoms with Crippen molar-refractivity contribution in [1.82, 2.24) is 9.97 Å². The molecule has 1 atom stereocenters. The van der Waals surface area contributed by atoms with Gasteiger partial charge in [-0.25, -0.2) is 13.8 Å². The second-order valence-electron chi connectivity index (χ2n) is 4.04. The van der Waals surface area contributed by atoms with E-state index >= 15 is 0 Å². The van der Waals surface area contributed by atoms with E-state index in [0.717, 1.165) is 0 Å². The van der Waals surface area contributed by atoms with E-state index in [1.165, 1.54) is 36.0 Å². The maximum atomic E-state index is 13.7. The Kier molecular flexibility index (Phi) is 3.99. The molecule has 100 valence electrons. The number of nitrogens with one attached hydrogen (secondary N) is 1. The van der Waals surface area contributed by atoms with Gasteiger partial charge in [0.15, 0.2) is 5.16 Å². The smallest absolute Gasteiger partial charge is 0.251 e. The van der Waals surface area contributed by atoms with Crippen LogP contribution in [0.15, 0.2) is 34.2 Å². The summed E-state index contributed by atoms with van der Waals surface area (Å²) in [5.74, 6) is -1.91. The van der Waals surface area contributed by atoms with Crippen LogP contribution in [0.4, 0.5) is 8.78 Å². The Morgan fingerprint density at radius 3 is 2.53 bits per heavy atom. The molecule has 0 fully saturated rings. The third kappa shape index (κ3) is 2.84. The van der Waals surface area contributed by atoms with Gasteiger partial charge >= 0.3 is 0 Å². The van der Waals surface area contributed by atoms with Gasteiger partial charge in [0, 0.05) is 17.5 Å². The molecule has 0 saturated carbocycles. The van der Waals surface area contributed by atoms with Crippen molar-refractivity contribution in [3.8, 4) is 0 Å². The van der Waals surface area contributed by atoms with Crippen LogP contribution >= 0.6 is 11.8 Å². The summed E-state index contributed by atoms with van der Waals surface area (Å²) in [7, 11) is 0. The lowest BCUT2D eigenvalue weighted by atomic mass is 9.96. The Morgan fingerprint density at radius 1 is 1.32 bits per heavy atom. The summed E-state index contributed by atoms with van der Waals surface area (Å²) in [6, 6.07) is 4.95. The van der Waals surface area contributed by atoms with E-state index in [1.807, 2.05) is 0 Å². The summed E-state index contributed by atoms with van der Waals surface area (Å²) in [6.45, 7) is 1.62. The molecular weight excluding hydrogens is 270 g/mol. The quantitative estimate of drug-likeness (QED) is 0.695. The number of halogens is 2. The minimum Gasteiger partial charge on any atom is -0.301 e. The Morgan fingerprint density at radius 2 is 1.95 bits per heavy atom.